The quantitative estimate of drug-likeness (QED) is 0.239. The first-order valence-corrected chi connectivity index (χ1v) is 16.2. The van der Waals surface area contributed by atoms with Gasteiger partial charge in [-0.2, -0.15) is 0 Å². The Balaban J connectivity index is 0.00000461. The number of nitrogens with two attached hydrogens (primary N) is 1. The van der Waals surface area contributed by atoms with E-state index in [1.54, 1.807) is 7.05 Å². The van der Waals surface area contributed by atoms with Crippen LogP contribution in [0.2, 0.25) is 5.02 Å². The van der Waals surface area contributed by atoms with Gasteiger partial charge in [-0.05, 0) is 48.1 Å². The molecular weight excluding hydrogens is 607 g/mol. The van der Waals surface area contributed by atoms with Gasteiger partial charge in [-0.3, -0.25) is 9.69 Å². The highest BCUT2D eigenvalue weighted by molar-refractivity contribution is 6.30. The fourth-order valence-corrected chi connectivity index (χ4v) is 7.77. The van der Waals surface area contributed by atoms with Crippen LogP contribution in [-0.4, -0.2) is 65.8 Å². The second kappa shape index (κ2) is 14.7. The predicted octanol–water partition coefficient (Wildman–Crippen LogP) is 6.21. The minimum atomic E-state index is -0.953. The smallest absolute Gasteiger partial charge is 0.385 e. The van der Waals surface area contributed by atoms with Crippen LogP contribution in [0.3, 0.4) is 0 Å². The molecule has 45 heavy (non-hydrogen) atoms. The van der Waals surface area contributed by atoms with Crippen molar-refractivity contribution < 1.29 is 19.2 Å². The van der Waals surface area contributed by atoms with Crippen molar-refractivity contribution in [3.63, 3.8) is 0 Å². The summed E-state index contributed by atoms with van der Waals surface area (Å²) in [6, 6.07) is 28.6. The summed E-state index contributed by atoms with van der Waals surface area (Å²) < 4.78 is 0.235. The summed E-state index contributed by atoms with van der Waals surface area (Å²) in [6.45, 7) is 4.68. The predicted molar refractivity (Wildman–Crippen MR) is 182 cm³/mol. The largest absolute Gasteiger partial charge is 0.417 e. The Morgan fingerprint density at radius 2 is 1.49 bits per heavy atom. The molecule has 2 saturated heterocycles. The van der Waals surface area contributed by atoms with Gasteiger partial charge in [0.25, 0.3) is 0 Å². The van der Waals surface area contributed by atoms with E-state index in [2.05, 4.69) is 65.7 Å². The number of benzene rings is 3. The number of halogens is 2. The van der Waals surface area contributed by atoms with Crippen molar-refractivity contribution in [2.45, 2.75) is 62.6 Å². The second-order valence-corrected chi connectivity index (χ2v) is 13.3. The zero-order valence-electron chi connectivity index (χ0n) is 26.3. The van der Waals surface area contributed by atoms with Crippen LogP contribution in [0.5, 0.6) is 0 Å². The SMILES string of the molecule is CNC(=O)[N+]1(C(CCC(C)(c2ccccc2)c2ccccc2)N2CCC(O)(c3ccc(Cl)cc3)CC2)CCC(C(N)=O)CC1.Cl. The topological polar surface area (TPSA) is 95.7 Å². The molecule has 4 N–H and O–H groups in total. The zero-order chi connectivity index (χ0) is 31.4. The van der Waals surface area contributed by atoms with E-state index in [1.807, 2.05) is 36.4 Å². The van der Waals surface area contributed by atoms with E-state index in [-0.39, 0.29) is 46.3 Å². The van der Waals surface area contributed by atoms with Crippen LogP contribution in [0, 0.1) is 5.92 Å². The van der Waals surface area contributed by atoms with Crippen molar-refractivity contribution in [1.29, 1.82) is 0 Å². The molecule has 0 saturated carbocycles. The maximum atomic E-state index is 14.0. The molecule has 3 aromatic carbocycles. The number of amides is 3. The van der Waals surface area contributed by atoms with Crippen LogP contribution in [0.4, 0.5) is 4.79 Å². The normalized spacial score (nSPS) is 22.5. The van der Waals surface area contributed by atoms with Crippen LogP contribution in [0.1, 0.15) is 62.1 Å². The molecule has 1 unspecified atom stereocenters. The van der Waals surface area contributed by atoms with E-state index in [0.29, 0.717) is 56.9 Å². The molecule has 3 aromatic rings. The van der Waals surface area contributed by atoms with Crippen molar-refractivity contribution in [3.05, 3.63) is 107 Å². The maximum Gasteiger partial charge on any atom is 0.417 e. The number of hydrogen-bond donors (Lipinski definition) is 3. The van der Waals surface area contributed by atoms with Gasteiger partial charge in [0.1, 0.15) is 0 Å². The summed E-state index contributed by atoms with van der Waals surface area (Å²) in [7, 11) is 1.70. The number of piperidine rings is 2. The summed E-state index contributed by atoms with van der Waals surface area (Å²) in [5, 5.41) is 15.3. The Morgan fingerprint density at radius 1 is 0.978 bits per heavy atom. The highest BCUT2D eigenvalue weighted by atomic mass is 35.5. The number of rotatable bonds is 9. The summed E-state index contributed by atoms with van der Waals surface area (Å²) in [5.41, 5.74) is 7.84. The Kier molecular flexibility index (Phi) is 11.4. The lowest BCUT2D eigenvalue weighted by atomic mass is 9.72. The number of quaternary nitrogens is 1. The summed E-state index contributed by atoms with van der Waals surface area (Å²) in [4.78, 5) is 28.5. The summed E-state index contributed by atoms with van der Waals surface area (Å²) >= 11 is 6.14. The molecular formula is C36H47Cl2N4O3+. The summed E-state index contributed by atoms with van der Waals surface area (Å²) in [6.07, 6.45) is 3.71. The molecule has 2 aliphatic rings. The number of urea groups is 1. The van der Waals surface area contributed by atoms with Gasteiger partial charge in [0.15, 0.2) is 6.17 Å². The molecule has 0 aromatic heterocycles. The van der Waals surface area contributed by atoms with Gasteiger partial charge in [0.2, 0.25) is 5.91 Å². The molecule has 9 heteroatoms. The van der Waals surface area contributed by atoms with E-state index in [9.17, 15) is 14.7 Å². The van der Waals surface area contributed by atoms with Crippen molar-refractivity contribution in [1.82, 2.24) is 10.2 Å². The van der Waals surface area contributed by atoms with Gasteiger partial charge >= 0.3 is 6.03 Å². The third-order valence-electron chi connectivity index (χ3n) is 10.5. The highest BCUT2D eigenvalue weighted by Gasteiger charge is 2.52. The number of aliphatic hydroxyl groups is 1. The average Bonchev–Trinajstić information content (AvgIpc) is 3.06. The Labute approximate surface area is 278 Å². The molecule has 7 nitrogen and oxygen atoms in total. The molecule has 0 bridgehead atoms. The number of primary amides is 1. The van der Waals surface area contributed by atoms with Crippen LogP contribution < -0.4 is 11.1 Å². The lowest BCUT2D eigenvalue weighted by Gasteiger charge is -2.51. The zero-order valence-corrected chi connectivity index (χ0v) is 27.9. The number of carbonyl (C=O) groups is 2. The third kappa shape index (κ3) is 7.23. The maximum absolute atomic E-state index is 14.0. The second-order valence-electron chi connectivity index (χ2n) is 12.9. The Morgan fingerprint density at radius 3 is 1.96 bits per heavy atom. The first kappa shape index (κ1) is 34.9. The first-order chi connectivity index (χ1) is 21.1. The Bertz CT molecular complexity index is 1370. The monoisotopic (exact) mass is 653 g/mol. The lowest BCUT2D eigenvalue weighted by Crippen LogP contribution is -2.70. The summed E-state index contributed by atoms with van der Waals surface area (Å²) in [5.74, 6) is -0.509. The molecule has 2 aliphatic heterocycles. The molecule has 2 fully saturated rings. The minimum absolute atomic E-state index is 0. The van der Waals surface area contributed by atoms with E-state index in [4.69, 9.17) is 17.3 Å². The highest BCUT2D eigenvalue weighted by Crippen LogP contribution is 2.42. The van der Waals surface area contributed by atoms with Gasteiger partial charge < -0.3 is 16.2 Å². The molecule has 5 rings (SSSR count). The molecule has 0 aliphatic carbocycles. The molecule has 2 heterocycles. The van der Waals surface area contributed by atoms with Crippen molar-refractivity contribution >= 4 is 35.9 Å². The molecule has 3 amide bonds. The van der Waals surface area contributed by atoms with E-state index in [0.717, 1.165) is 18.4 Å². The molecule has 0 spiro atoms. The molecule has 1 atom stereocenters. The van der Waals surface area contributed by atoms with Gasteiger partial charge in [0, 0.05) is 55.8 Å². The van der Waals surface area contributed by atoms with E-state index in [1.165, 1.54) is 11.1 Å². The number of carbonyl (C=O) groups excluding carboxylic acids is 2. The van der Waals surface area contributed by atoms with Crippen molar-refractivity contribution in [3.8, 4) is 0 Å². The van der Waals surface area contributed by atoms with Crippen LogP contribution >= 0.6 is 24.0 Å². The fourth-order valence-electron chi connectivity index (χ4n) is 7.64. The van der Waals surface area contributed by atoms with E-state index >= 15 is 0 Å². The van der Waals surface area contributed by atoms with Crippen molar-refractivity contribution in [2.24, 2.45) is 11.7 Å². The molecule has 0 radical (unpaired) electrons. The standard InChI is InChI=1S/C36H45ClN4O3.ClH/c1-35(28-9-5-3-6-10-28,29-11-7-4-8-12-29)20-17-32(41(34(43)39-2)25-18-27(19-26-41)33(38)42)40-23-21-36(44,22-24-40)30-13-15-31(37)16-14-30;/h3-16,27,32,44H,17-26H2,1-2H3,(H2-,38,39,42,43);1H/p+1. The van der Waals surface area contributed by atoms with Gasteiger partial charge in [0.05, 0.1) is 18.7 Å². The number of nitrogens with zero attached hydrogens (tertiary/aromatic N) is 2. The average molecular weight is 655 g/mol. The fraction of sp³-hybridized carbons (Fsp3) is 0.444. The van der Waals surface area contributed by atoms with E-state index < -0.39 is 5.60 Å². The van der Waals surface area contributed by atoms with Gasteiger partial charge in [-0.25, -0.2) is 9.28 Å². The van der Waals surface area contributed by atoms with Crippen LogP contribution in [-0.2, 0) is 15.8 Å². The van der Waals surface area contributed by atoms with Gasteiger partial charge in [-0.1, -0.05) is 91.3 Å². The van der Waals surface area contributed by atoms with Crippen molar-refractivity contribution in [2.75, 3.05) is 33.2 Å². The first-order valence-electron chi connectivity index (χ1n) is 15.8. The Hall–Kier alpha value is -2.94. The minimum Gasteiger partial charge on any atom is -0.385 e. The van der Waals surface area contributed by atoms with Gasteiger partial charge in [-0.15, -0.1) is 12.4 Å². The number of nitrogens with one attached hydrogen (secondary N) is 1. The lowest BCUT2D eigenvalue weighted by molar-refractivity contribution is -0.895. The third-order valence-corrected chi connectivity index (χ3v) is 10.7. The number of hydrogen-bond acceptors (Lipinski definition) is 4. The number of likely N-dealkylation sites (tertiary alicyclic amines) is 2. The molecule has 242 valence electrons. The van der Waals surface area contributed by atoms with Crippen LogP contribution in [0.15, 0.2) is 84.9 Å². The van der Waals surface area contributed by atoms with Crippen LogP contribution in [0.25, 0.3) is 0 Å².